The second-order valence-corrected chi connectivity index (χ2v) is 8.79. The fraction of sp³-hybridized carbons (Fsp3) is 0.684. The first-order chi connectivity index (χ1) is 11.9. The Labute approximate surface area is 150 Å². The molecule has 1 saturated carbocycles. The molecular formula is C19H28O5S. The first-order valence-corrected chi connectivity index (χ1v) is 10.6. The molecule has 1 heterocycles. The minimum absolute atomic E-state index is 0.0958. The molecule has 0 unspecified atom stereocenters. The lowest BCUT2D eigenvalue weighted by molar-refractivity contribution is -0.214. The second-order valence-electron chi connectivity index (χ2n) is 7.17. The maximum Gasteiger partial charge on any atom is 0.296 e. The summed E-state index contributed by atoms with van der Waals surface area (Å²) in [6, 6.07) is 6.73. The van der Waals surface area contributed by atoms with E-state index in [1.807, 2.05) is 6.92 Å². The smallest absolute Gasteiger partial charge is 0.296 e. The predicted molar refractivity (Wildman–Crippen MR) is 94.8 cm³/mol. The summed E-state index contributed by atoms with van der Waals surface area (Å²) >= 11 is 0. The van der Waals surface area contributed by atoms with Gasteiger partial charge in [0, 0.05) is 11.8 Å². The van der Waals surface area contributed by atoms with E-state index in [0.717, 1.165) is 37.7 Å². The Morgan fingerprint density at radius 1 is 1.08 bits per heavy atom. The summed E-state index contributed by atoms with van der Waals surface area (Å²) < 4.78 is 42.0. The largest absolute Gasteiger partial charge is 0.347 e. The van der Waals surface area contributed by atoms with Gasteiger partial charge in [-0.3, -0.25) is 4.18 Å². The number of aryl methyl sites for hydroxylation is 1. The number of benzene rings is 1. The van der Waals surface area contributed by atoms with Crippen LogP contribution in [-0.2, 0) is 23.8 Å². The summed E-state index contributed by atoms with van der Waals surface area (Å²) in [6.07, 6.45) is 5.65. The number of unbranched alkanes of at least 4 members (excludes halogenated alkanes) is 1. The van der Waals surface area contributed by atoms with Gasteiger partial charge in [0.05, 0.1) is 24.7 Å². The minimum atomic E-state index is -3.71. The van der Waals surface area contributed by atoms with Gasteiger partial charge in [0.25, 0.3) is 10.1 Å². The van der Waals surface area contributed by atoms with Gasteiger partial charge in [0.1, 0.15) is 0 Å². The Balaban J connectivity index is 1.61. The molecule has 1 saturated heterocycles. The first-order valence-electron chi connectivity index (χ1n) is 9.17. The van der Waals surface area contributed by atoms with Gasteiger partial charge in [-0.15, -0.1) is 0 Å². The van der Waals surface area contributed by atoms with Gasteiger partial charge in [0.15, 0.2) is 5.79 Å². The molecule has 0 atom stereocenters. The number of hydrogen-bond acceptors (Lipinski definition) is 5. The molecule has 0 amide bonds. The van der Waals surface area contributed by atoms with Crippen LogP contribution in [-0.4, -0.2) is 34.0 Å². The Morgan fingerprint density at radius 3 is 2.28 bits per heavy atom. The molecule has 1 aromatic rings. The van der Waals surface area contributed by atoms with Crippen molar-refractivity contribution in [2.45, 2.75) is 63.1 Å². The van der Waals surface area contributed by atoms with E-state index >= 15 is 0 Å². The summed E-state index contributed by atoms with van der Waals surface area (Å²) in [7, 11) is -3.71. The fourth-order valence-corrected chi connectivity index (χ4v) is 4.58. The third-order valence-corrected chi connectivity index (χ3v) is 6.73. The molecule has 2 aliphatic rings. The zero-order valence-electron chi connectivity index (χ0n) is 15.1. The summed E-state index contributed by atoms with van der Waals surface area (Å²) in [4.78, 5) is 0.206. The van der Waals surface area contributed by atoms with Crippen LogP contribution in [0.4, 0.5) is 0 Å². The first kappa shape index (κ1) is 18.8. The Kier molecular flexibility index (Phi) is 5.54. The molecule has 1 aliphatic carbocycles. The highest BCUT2D eigenvalue weighted by Gasteiger charge is 2.62. The normalized spacial score (nSPS) is 21.4. The van der Waals surface area contributed by atoms with E-state index in [0.29, 0.717) is 19.6 Å². The quantitative estimate of drug-likeness (QED) is 0.620. The van der Waals surface area contributed by atoms with E-state index in [1.54, 1.807) is 24.3 Å². The number of rotatable bonds is 9. The van der Waals surface area contributed by atoms with E-state index in [-0.39, 0.29) is 16.9 Å². The number of hydrogen-bond donors (Lipinski definition) is 0. The molecule has 0 aromatic heterocycles. The van der Waals surface area contributed by atoms with Crippen LogP contribution in [0.15, 0.2) is 29.2 Å². The highest BCUT2D eigenvalue weighted by molar-refractivity contribution is 7.86. The van der Waals surface area contributed by atoms with E-state index in [4.69, 9.17) is 13.7 Å². The van der Waals surface area contributed by atoms with Gasteiger partial charge < -0.3 is 9.47 Å². The SMILES string of the molecule is CCCCC1(C2(CCOS(=O)(=O)c3ccc(C)cc3)CC2)OCCO1. The van der Waals surface area contributed by atoms with Crippen LogP contribution in [0.2, 0.25) is 0 Å². The fourth-order valence-electron chi connectivity index (χ4n) is 3.67. The van der Waals surface area contributed by atoms with Gasteiger partial charge in [-0.2, -0.15) is 8.42 Å². The molecule has 5 nitrogen and oxygen atoms in total. The van der Waals surface area contributed by atoms with E-state index in [1.165, 1.54) is 0 Å². The van der Waals surface area contributed by atoms with Crippen molar-refractivity contribution >= 4 is 10.1 Å². The second kappa shape index (κ2) is 7.35. The van der Waals surface area contributed by atoms with E-state index in [2.05, 4.69) is 6.92 Å². The van der Waals surface area contributed by atoms with Crippen LogP contribution in [0, 0.1) is 12.3 Å². The van der Waals surface area contributed by atoms with Crippen LogP contribution >= 0.6 is 0 Å². The van der Waals surface area contributed by atoms with Crippen LogP contribution in [0.25, 0.3) is 0 Å². The van der Waals surface area contributed by atoms with Crippen molar-refractivity contribution in [3.05, 3.63) is 29.8 Å². The van der Waals surface area contributed by atoms with Crippen LogP contribution < -0.4 is 0 Å². The van der Waals surface area contributed by atoms with Gasteiger partial charge in [-0.1, -0.05) is 31.0 Å². The molecule has 0 spiro atoms. The number of ether oxygens (including phenoxy) is 2. The lowest BCUT2D eigenvalue weighted by Crippen LogP contribution is -2.41. The molecule has 140 valence electrons. The Bertz CT molecular complexity index is 670. The van der Waals surface area contributed by atoms with Crippen molar-refractivity contribution < 1.29 is 22.1 Å². The van der Waals surface area contributed by atoms with Crippen molar-refractivity contribution in [3.63, 3.8) is 0 Å². The zero-order chi connectivity index (χ0) is 18.0. The zero-order valence-corrected chi connectivity index (χ0v) is 15.9. The molecule has 0 N–H and O–H groups in total. The molecule has 6 heteroatoms. The molecule has 25 heavy (non-hydrogen) atoms. The third-order valence-electron chi connectivity index (χ3n) is 5.40. The van der Waals surface area contributed by atoms with Crippen molar-refractivity contribution in [2.24, 2.45) is 5.41 Å². The maximum absolute atomic E-state index is 12.3. The molecular weight excluding hydrogens is 340 g/mol. The third kappa shape index (κ3) is 3.92. The molecule has 2 fully saturated rings. The summed E-state index contributed by atoms with van der Waals surface area (Å²) in [5, 5.41) is 0. The monoisotopic (exact) mass is 368 g/mol. The van der Waals surface area contributed by atoms with Gasteiger partial charge in [-0.05, 0) is 44.7 Å². The standard InChI is InChI=1S/C19H28O5S/c1-3-4-9-19(22-14-15-23-19)18(10-11-18)12-13-24-25(20,21)17-7-5-16(2)6-8-17/h5-8H,3-4,9-15H2,1-2H3. The molecule has 0 bridgehead atoms. The van der Waals surface area contributed by atoms with Crippen molar-refractivity contribution in [1.82, 2.24) is 0 Å². The highest BCUT2D eigenvalue weighted by atomic mass is 32.2. The molecule has 3 rings (SSSR count). The molecule has 0 radical (unpaired) electrons. The maximum atomic E-state index is 12.3. The van der Waals surface area contributed by atoms with Gasteiger partial charge >= 0.3 is 0 Å². The summed E-state index contributed by atoms with van der Waals surface area (Å²) in [6.45, 7) is 5.48. The topological polar surface area (TPSA) is 61.8 Å². The minimum Gasteiger partial charge on any atom is -0.347 e. The molecule has 1 aromatic carbocycles. The summed E-state index contributed by atoms with van der Waals surface area (Å²) in [5.74, 6) is -0.542. The predicted octanol–water partition coefficient (Wildman–Crippen LogP) is 3.80. The van der Waals surface area contributed by atoms with Crippen LogP contribution in [0.3, 0.4) is 0 Å². The Morgan fingerprint density at radius 2 is 1.72 bits per heavy atom. The lowest BCUT2D eigenvalue weighted by atomic mass is 9.87. The average Bonchev–Trinajstić information content (AvgIpc) is 3.22. The van der Waals surface area contributed by atoms with Crippen molar-refractivity contribution in [1.29, 1.82) is 0 Å². The summed E-state index contributed by atoms with van der Waals surface area (Å²) in [5.41, 5.74) is 0.922. The van der Waals surface area contributed by atoms with E-state index in [9.17, 15) is 8.42 Å². The van der Waals surface area contributed by atoms with E-state index < -0.39 is 15.9 Å². The molecule has 1 aliphatic heterocycles. The van der Waals surface area contributed by atoms with Crippen molar-refractivity contribution in [3.8, 4) is 0 Å². The van der Waals surface area contributed by atoms with Gasteiger partial charge in [0.2, 0.25) is 0 Å². The van der Waals surface area contributed by atoms with Crippen LogP contribution in [0.1, 0.15) is 51.0 Å². The van der Waals surface area contributed by atoms with Gasteiger partial charge in [-0.25, -0.2) is 0 Å². The van der Waals surface area contributed by atoms with Crippen molar-refractivity contribution in [2.75, 3.05) is 19.8 Å². The Hall–Kier alpha value is -0.950. The highest BCUT2D eigenvalue weighted by Crippen LogP contribution is 2.61. The van der Waals surface area contributed by atoms with Crippen LogP contribution in [0.5, 0.6) is 0 Å². The average molecular weight is 368 g/mol. The lowest BCUT2D eigenvalue weighted by Gasteiger charge is -2.36.